The Morgan fingerprint density at radius 3 is 2.63 bits per heavy atom. The Balaban J connectivity index is 1.74. The molecule has 1 N–H and O–H groups in total. The van der Waals surface area contributed by atoms with Crippen molar-refractivity contribution in [1.29, 1.82) is 0 Å². The van der Waals surface area contributed by atoms with Crippen LogP contribution >= 0.6 is 11.8 Å². The lowest BCUT2D eigenvalue weighted by Gasteiger charge is -2.27. The molecule has 1 aromatic heterocycles. The Kier molecular flexibility index (Phi) is 5.42. The number of benzene rings is 2. The number of rotatable bonds is 4. The highest BCUT2D eigenvalue weighted by Crippen LogP contribution is 2.37. The lowest BCUT2D eigenvalue weighted by Crippen LogP contribution is -2.34. The van der Waals surface area contributed by atoms with Gasteiger partial charge < -0.3 is 9.88 Å². The van der Waals surface area contributed by atoms with Crippen molar-refractivity contribution in [2.75, 3.05) is 5.32 Å². The van der Waals surface area contributed by atoms with Gasteiger partial charge in [-0.1, -0.05) is 53.7 Å². The molecule has 8 heteroatoms. The fourth-order valence-corrected chi connectivity index (χ4v) is 4.47. The number of aryl methyl sites for hydroxylation is 1. The molecule has 1 amide bonds. The number of amides is 1. The van der Waals surface area contributed by atoms with Crippen molar-refractivity contribution in [1.82, 2.24) is 9.55 Å². The van der Waals surface area contributed by atoms with Crippen LogP contribution in [0.3, 0.4) is 0 Å². The number of carbonyl (C=O) groups excluding carboxylic acids is 1. The molecule has 3 aromatic rings. The molecule has 0 aliphatic carbocycles. The highest BCUT2D eigenvalue weighted by atomic mass is 32.2. The van der Waals surface area contributed by atoms with E-state index in [1.165, 1.54) is 23.9 Å². The van der Waals surface area contributed by atoms with Gasteiger partial charge in [0.1, 0.15) is 5.82 Å². The summed E-state index contributed by atoms with van der Waals surface area (Å²) in [6.45, 7) is 2.01. The number of aromatic nitrogens is 2. The number of nitrogens with zero attached hydrogens (tertiary/aromatic N) is 2. The Hall–Kier alpha value is -3.00. The van der Waals surface area contributed by atoms with Crippen LogP contribution in [0.4, 0.5) is 14.6 Å². The Morgan fingerprint density at radius 1 is 1.17 bits per heavy atom. The van der Waals surface area contributed by atoms with E-state index < -0.39 is 23.1 Å². The topological polar surface area (TPSA) is 64.0 Å². The van der Waals surface area contributed by atoms with E-state index in [1.54, 1.807) is 11.6 Å². The molecule has 30 heavy (non-hydrogen) atoms. The molecule has 5 nitrogen and oxygen atoms in total. The zero-order valence-corrected chi connectivity index (χ0v) is 17.2. The monoisotopic (exact) mass is 427 g/mol. The Morgan fingerprint density at radius 2 is 1.90 bits per heavy atom. The normalized spacial score (nSPS) is 15.6. The van der Waals surface area contributed by atoms with Crippen LogP contribution in [0.2, 0.25) is 0 Å². The molecule has 0 radical (unpaired) electrons. The molecule has 1 aliphatic heterocycles. The van der Waals surface area contributed by atoms with Crippen LogP contribution in [-0.2, 0) is 17.6 Å². The third-order valence-corrected chi connectivity index (χ3v) is 6.25. The minimum absolute atomic E-state index is 0.0231. The summed E-state index contributed by atoms with van der Waals surface area (Å²) in [5.74, 6) is -2.47. The lowest BCUT2D eigenvalue weighted by molar-refractivity contribution is -0.116. The molecular formula is C22H19F2N3O2S. The predicted octanol–water partition coefficient (Wildman–Crippen LogP) is 4.13. The molecule has 1 atom stereocenters. The van der Waals surface area contributed by atoms with Crippen LogP contribution in [0.25, 0.3) is 0 Å². The second-order valence-corrected chi connectivity index (χ2v) is 8.19. The third-order valence-electron chi connectivity index (χ3n) is 5.15. The van der Waals surface area contributed by atoms with Gasteiger partial charge in [0.15, 0.2) is 16.8 Å². The zero-order chi connectivity index (χ0) is 21.4. The summed E-state index contributed by atoms with van der Waals surface area (Å²) < 4.78 is 29.8. The van der Waals surface area contributed by atoms with Gasteiger partial charge in [0, 0.05) is 25.1 Å². The van der Waals surface area contributed by atoms with Crippen molar-refractivity contribution in [3.05, 3.63) is 86.7 Å². The van der Waals surface area contributed by atoms with Crippen LogP contribution < -0.4 is 10.9 Å². The first-order valence-electron chi connectivity index (χ1n) is 9.38. The van der Waals surface area contributed by atoms with Crippen molar-refractivity contribution in [3.8, 4) is 0 Å². The second-order valence-electron chi connectivity index (χ2n) is 7.24. The average Bonchev–Trinajstić information content (AvgIpc) is 2.72. The van der Waals surface area contributed by atoms with Gasteiger partial charge in [-0.25, -0.2) is 8.78 Å². The molecule has 0 saturated carbocycles. The molecule has 2 aromatic carbocycles. The number of thioether (sulfide) groups is 1. The summed E-state index contributed by atoms with van der Waals surface area (Å²) in [5.41, 5.74) is 1.82. The second kappa shape index (κ2) is 8.02. The van der Waals surface area contributed by atoms with Crippen LogP contribution in [0.15, 0.2) is 52.4 Å². The molecule has 1 aliphatic rings. The number of carbonyl (C=O) groups is 1. The van der Waals surface area contributed by atoms with Crippen molar-refractivity contribution in [2.24, 2.45) is 7.05 Å². The average molecular weight is 427 g/mol. The molecule has 0 bridgehead atoms. The van der Waals surface area contributed by atoms with Crippen molar-refractivity contribution in [2.45, 2.75) is 30.2 Å². The fourth-order valence-electron chi connectivity index (χ4n) is 3.55. The van der Waals surface area contributed by atoms with Gasteiger partial charge in [-0.05, 0) is 24.1 Å². The maximum absolute atomic E-state index is 14.4. The quantitative estimate of drug-likeness (QED) is 0.502. The summed E-state index contributed by atoms with van der Waals surface area (Å²) in [4.78, 5) is 29.4. The van der Waals surface area contributed by atoms with Crippen molar-refractivity contribution < 1.29 is 13.6 Å². The van der Waals surface area contributed by atoms with Crippen LogP contribution in [-0.4, -0.2) is 15.5 Å². The zero-order valence-electron chi connectivity index (χ0n) is 16.4. The maximum atomic E-state index is 14.4. The standard InChI is InChI=1S/C22H19F2N3O2S/c1-12-6-8-13(9-7-12)11-30-22-26-21(29)18-15(10-17(28)25-20(18)27(22)2)14-4-3-5-16(23)19(14)24/h3-9,15H,10-11H2,1-2H3,(H,25,28)/t15-/m0/s1. The molecule has 0 spiro atoms. The summed E-state index contributed by atoms with van der Waals surface area (Å²) in [6.07, 6.45) is -0.153. The molecule has 2 heterocycles. The van der Waals surface area contributed by atoms with Crippen LogP contribution in [0.1, 0.15) is 34.6 Å². The van der Waals surface area contributed by atoms with Crippen LogP contribution in [0.5, 0.6) is 0 Å². The van der Waals surface area contributed by atoms with E-state index >= 15 is 0 Å². The lowest BCUT2D eigenvalue weighted by atomic mass is 9.86. The summed E-state index contributed by atoms with van der Waals surface area (Å²) >= 11 is 1.36. The van der Waals surface area contributed by atoms with E-state index in [0.717, 1.165) is 17.2 Å². The number of nitrogens with one attached hydrogen (secondary N) is 1. The molecule has 0 fully saturated rings. The largest absolute Gasteiger partial charge is 0.312 e. The summed E-state index contributed by atoms with van der Waals surface area (Å²) in [5, 5.41) is 3.13. The molecule has 0 saturated heterocycles. The van der Waals surface area contributed by atoms with E-state index in [1.807, 2.05) is 31.2 Å². The SMILES string of the molecule is Cc1ccc(CSc2nc(=O)c3c(n2C)NC(=O)C[C@H]3c2cccc(F)c2F)cc1. The minimum Gasteiger partial charge on any atom is -0.312 e. The van der Waals surface area contributed by atoms with Crippen molar-refractivity contribution >= 4 is 23.5 Å². The molecule has 154 valence electrons. The van der Waals surface area contributed by atoms with Gasteiger partial charge in [0.2, 0.25) is 5.91 Å². The first-order chi connectivity index (χ1) is 14.3. The summed E-state index contributed by atoms with van der Waals surface area (Å²) in [6, 6.07) is 11.8. The highest BCUT2D eigenvalue weighted by Gasteiger charge is 2.34. The van der Waals surface area contributed by atoms with E-state index in [9.17, 15) is 18.4 Å². The van der Waals surface area contributed by atoms with Gasteiger partial charge in [-0.3, -0.25) is 9.59 Å². The van der Waals surface area contributed by atoms with E-state index in [2.05, 4.69) is 10.3 Å². The Bertz CT molecular complexity index is 1190. The number of hydrogen-bond acceptors (Lipinski definition) is 4. The van der Waals surface area contributed by atoms with E-state index in [4.69, 9.17) is 0 Å². The van der Waals surface area contributed by atoms with Gasteiger partial charge in [-0.2, -0.15) is 4.98 Å². The Labute approximate surface area is 176 Å². The van der Waals surface area contributed by atoms with Gasteiger partial charge in [0.25, 0.3) is 5.56 Å². The van der Waals surface area contributed by atoms with Crippen LogP contribution in [0, 0.1) is 18.6 Å². The highest BCUT2D eigenvalue weighted by molar-refractivity contribution is 7.98. The smallest absolute Gasteiger partial charge is 0.279 e. The molecule has 0 unspecified atom stereocenters. The first kappa shape index (κ1) is 20.3. The first-order valence-corrected chi connectivity index (χ1v) is 10.4. The maximum Gasteiger partial charge on any atom is 0.279 e. The van der Waals surface area contributed by atoms with E-state index in [0.29, 0.717) is 10.9 Å². The third kappa shape index (κ3) is 3.75. The van der Waals surface area contributed by atoms with Gasteiger partial charge in [-0.15, -0.1) is 0 Å². The van der Waals surface area contributed by atoms with E-state index in [-0.39, 0.29) is 29.3 Å². The summed E-state index contributed by atoms with van der Waals surface area (Å²) in [7, 11) is 1.69. The predicted molar refractivity (Wildman–Crippen MR) is 112 cm³/mol. The van der Waals surface area contributed by atoms with Gasteiger partial charge in [0.05, 0.1) is 5.56 Å². The minimum atomic E-state index is -1.05. The number of fused-ring (bicyclic) bond motifs is 1. The molecule has 4 rings (SSSR count). The number of anilines is 1. The fraction of sp³-hybridized carbons (Fsp3) is 0.227. The number of hydrogen-bond donors (Lipinski definition) is 1. The van der Waals surface area contributed by atoms with Crippen molar-refractivity contribution in [3.63, 3.8) is 0 Å². The number of halogens is 2. The molecular weight excluding hydrogens is 408 g/mol. The van der Waals surface area contributed by atoms with Gasteiger partial charge >= 0.3 is 0 Å².